The SMILES string of the molecule is CN(C)CCCN(C)CCCCN(C)CCCN(C)C(F)(F)F. The molecule has 0 heterocycles. The Kier molecular flexibility index (Phi) is 11.9. The van der Waals surface area contributed by atoms with Crippen molar-refractivity contribution in [3.05, 3.63) is 0 Å². The van der Waals surface area contributed by atoms with Crippen molar-refractivity contribution in [2.75, 3.05) is 74.5 Å². The Morgan fingerprint density at radius 3 is 1.35 bits per heavy atom. The first-order valence-electron chi connectivity index (χ1n) is 8.42. The average molecular weight is 340 g/mol. The molecule has 0 aliphatic heterocycles. The Balaban J connectivity index is 3.54. The zero-order chi connectivity index (χ0) is 17.9. The molecule has 0 aliphatic rings. The Morgan fingerprint density at radius 2 is 0.957 bits per heavy atom. The van der Waals surface area contributed by atoms with Gasteiger partial charge in [0.15, 0.2) is 0 Å². The monoisotopic (exact) mass is 340 g/mol. The van der Waals surface area contributed by atoms with Gasteiger partial charge in [0.05, 0.1) is 0 Å². The van der Waals surface area contributed by atoms with E-state index < -0.39 is 6.30 Å². The summed E-state index contributed by atoms with van der Waals surface area (Å²) in [7, 11) is 9.40. The van der Waals surface area contributed by atoms with Gasteiger partial charge in [-0.05, 0) is 93.6 Å². The summed E-state index contributed by atoms with van der Waals surface area (Å²) in [6.07, 6.45) is -0.280. The molecule has 0 aromatic carbocycles. The van der Waals surface area contributed by atoms with E-state index in [9.17, 15) is 13.2 Å². The maximum absolute atomic E-state index is 12.3. The van der Waals surface area contributed by atoms with Crippen molar-refractivity contribution in [3.63, 3.8) is 0 Å². The summed E-state index contributed by atoms with van der Waals surface area (Å²) in [5.74, 6) is 0. The Hall–Kier alpha value is -0.370. The molecule has 0 N–H and O–H groups in total. The minimum atomic E-state index is -4.21. The Labute approximate surface area is 140 Å². The molecule has 140 valence electrons. The normalized spacial score (nSPS) is 13.0. The molecule has 0 bridgehead atoms. The van der Waals surface area contributed by atoms with Crippen LogP contribution in [0, 0.1) is 0 Å². The van der Waals surface area contributed by atoms with Crippen molar-refractivity contribution in [2.24, 2.45) is 0 Å². The predicted octanol–water partition coefficient (Wildman–Crippen LogP) is 2.42. The van der Waals surface area contributed by atoms with E-state index in [-0.39, 0.29) is 6.54 Å². The fourth-order valence-corrected chi connectivity index (χ4v) is 2.35. The van der Waals surface area contributed by atoms with Gasteiger partial charge in [-0.15, -0.1) is 0 Å². The molecular weight excluding hydrogens is 305 g/mol. The van der Waals surface area contributed by atoms with E-state index in [2.05, 4.69) is 35.8 Å². The summed E-state index contributed by atoms with van der Waals surface area (Å²) in [5, 5.41) is 0. The second kappa shape index (κ2) is 12.1. The fraction of sp³-hybridized carbons (Fsp3) is 1.00. The third-order valence-electron chi connectivity index (χ3n) is 3.94. The molecule has 23 heavy (non-hydrogen) atoms. The number of halogens is 3. The molecular formula is C16H35F3N4. The van der Waals surface area contributed by atoms with E-state index >= 15 is 0 Å². The number of unbranched alkanes of at least 4 members (excludes halogenated alkanes) is 1. The van der Waals surface area contributed by atoms with Crippen LogP contribution in [-0.2, 0) is 0 Å². The Morgan fingerprint density at radius 1 is 0.565 bits per heavy atom. The second-order valence-corrected chi connectivity index (χ2v) is 6.71. The van der Waals surface area contributed by atoms with Crippen LogP contribution in [-0.4, -0.2) is 100 Å². The molecule has 0 aromatic heterocycles. The van der Waals surface area contributed by atoms with E-state index in [1.54, 1.807) is 0 Å². The molecule has 0 atom stereocenters. The molecule has 0 saturated carbocycles. The predicted molar refractivity (Wildman–Crippen MR) is 90.7 cm³/mol. The van der Waals surface area contributed by atoms with E-state index in [0.717, 1.165) is 46.1 Å². The highest BCUT2D eigenvalue weighted by Gasteiger charge is 2.33. The molecule has 7 heteroatoms. The molecule has 0 aliphatic carbocycles. The largest absolute Gasteiger partial charge is 0.459 e. The third kappa shape index (κ3) is 13.7. The smallest absolute Gasteiger partial charge is 0.309 e. The first-order chi connectivity index (χ1) is 10.6. The number of hydrogen-bond donors (Lipinski definition) is 0. The van der Waals surface area contributed by atoms with Crippen molar-refractivity contribution in [1.82, 2.24) is 19.6 Å². The van der Waals surface area contributed by atoms with Crippen LogP contribution in [0.15, 0.2) is 0 Å². The molecule has 0 rings (SSSR count). The van der Waals surface area contributed by atoms with E-state index in [0.29, 0.717) is 17.9 Å². The minimum absolute atomic E-state index is 0.0580. The van der Waals surface area contributed by atoms with Gasteiger partial charge in [-0.2, -0.15) is 13.2 Å². The van der Waals surface area contributed by atoms with Gasteiger partial charge in [-0.1, -0.05) is 0 Å². The number of hydrogen-bond acceptors (Lipinski definition) is 4. The van der Waals surface area contributed by atoms with Gasteiger partial charge in [0, 0.05) is 6.54 Å². The zero-order valence-corrected chi connectivity index (χ0v) is 15.5. The lowest BCUT2D eigenvalue weighted by atomic mass is 10.2. The highest BCUT2D eigenvalue weighted by molar-refractivity contribution is 4.59. The average Bonchev–Trinajstić information content (AvgIpc) is 2.42. The van der Waals surface area contributed by atoms with Crippen molar-refractivity contribution >= 4 is 0 Å². The summed E-state index contributed by atoms with van der Waals surface area (Å²) >= 11 is 0. The summed E-state index contributed by atoms with van der Waals surface area (Å²) < 4.78 is 37.0. The topological polar surface area (TPSA) is 13.0 Å². The summed E-state index contributed by atoms with van der Waals surface area (Å²) in [5.41, 5.74) is 0. The maximum Gasteiger partial charge on any atom is 0.459 e. The molecule has 0 fully saturated rings. The lowest BCUT2D eigenvalue weighted by Gasteiger charge is -2.22. The van der Waals surface area contributed by atoms with Crippen molar-refractivity contribution in [1.29, 1.82) is 0 Å². The molecule has 0 amide bonds. The highest BCUT2D eigenvalue weighted by Crippen LogP contribution is 2.18. The molecule has 0 radical (unpaired) electrons. The van der Waals surface area contributed by atoms with Gasteiger partial charge in [0.25, 0.3) is 0 Å². The number of rotatable bonds is 13. The van der Waals surface area contributed by atoms with Crippen LogP contribution < -0.4 is 0 Å². The number of alkyl halides is 3. The first kappa shape index (κ1) is 22.6. The molecule has 0 saturated heterocycles. The highest BCUT2D eigenvalue weighted by atomic mass is 19.4. The van der Waals surface area contributed by atoms with Gasteiger partial charge >= 0.3 is 6.30 Å². The van der Waals surface area contributed by atoms with Gasteiger partial charge in [-0.3, -0.25) is 0 Å². The van der Waals surface area contributed by atoms with E-state index in [4.69, 9.17) is 0 Å². The van der Waals surface area contributed by atoms with Crippen LogP contribution in [0.2, 0.25) is 0 Å². The van der Waals surface area contributed by atoms with Crippen LogP contribution in [0.3, 0.4) is 0 Å². The van der Waals surface area contributed by atoms with Crippen LogP contribution in [0.5, 0.6) is 0 Å². The molecule has 4 nitrogen and oxygen atoms in total. The van der Waals surface area contributed by atoms with Crippen molar-refractivity contribution in [2.45, 2.75) is 32.0 Å². The summed E-state index contributed by atoms with van der Waals surface area (Å²) in [6, 6.07) is 0. The molecule has 0 aromatic rings. The van der Waals surface area contributed by atoms with Crippen LogP contribution in [0.25, 0.3) is 0 Å². The first-order valence-corrected chi connectivity index (χ1v) is 8.42. The van der Waals surface area contributed by atoms with E-state index in [1.807, 2.05) is 7.05 Å². The van der Waals surface area contributed by atoms with E-state index in [1.165, 1.54) is 6.42 Å². The lowest BCUT2D eigenvalue weighted by molar-refractivity contribution is -0.236. The molecule has 0 spiro atoms. The standard InChI is InChI=1S/C16H35F3N4/c1-20(2)10-8-13-21(3)11-6-7-12-22(4)14-9-15-23(5)16(17,18)19/h6-15H2,1-5H3. The summed E-state index contributed by atoms with van der Waals surface area (Å²) in [6.45, 7) is 5.01. The second-order valence-electron chi connectivity index (χ2n) is 6.71. The van der Waals surface area contributed by atoms with Gasteiger partial charge in [0.2, 0.25) is 0 Å². The van der Waals surface area contributed by atoms with Crippen molar-refractivity contribution < 1.29 is 13.2 Å². The summed E-state index contributed by atoms with van der Waals surface area (Å²) in [4.78, 5) is 7.11. The quantitative estimate of drug-likeness (QED) is 0.377. The fourth-order valence-electron chi connectivity index (χ4n) is 2.35. The van der Waals surface area contributed by atoms with Gasteiger partial charge in [0.1, 0.15) is 0 Å². The third-order valence-corrected chi connectivity index (χ3v) is 3.94. The van der Waals surface area contributed by atoms with Crippen molar-refractivity contribution in [3.8, 4) is 0 Å². The zero-order valence-electron chi connectivity index (χ0n) is 15.5. The van der Waals surface area contributed by atoms with Gasteiger partial charge < -0.3 is 14.7 Å². The Bertz CT molecular complexity index is 285. The maximum atomic E-state index is 12.3. The lowest BCUT2D eigenvalue weighted by Crippen LogP contribution is -2.36. The van der Waals surface area contributed by atoms with Crippen LogP contribution in [0.1, 0.15) is 25.7 Å². The van der Waals surface area contributed by atoms with Crippen LogP contribution in [0.4, 0.5) is 13.2 Å². The van der Waals surface area contributed by atoms with Gasteiger partial charge in [-0.25, -0.2) is 4.90 Å². The van der Waals surface area contributed by atoms with Crippen LogP contribution >= 0.6 is 0 Å². The number of nitrogens with zero attached hydrogens (tertiary/aromatic N) is 4. The molecule has 0 unspecified atom stereocenters. The minimum Gasteiger partial charge on any atom is -0.309 e.